The molecule has 0 N–H and O–H groups in total. The zero-order chi connectivity index (χ0) is 5.14. The van der Waals surface area contributed by atoms with E-state index >= 15 is 0 Å². The summed E-state index contributed by atoms with van der Waals surface area (Å²) in [7, 11) is 0. The SMILES string of the molecule is C1C2OC2CC2SC12. The second-order valence-corrected chi connectivity index (χ2v) is 4.38. The number of fused-ring (bicyclic) bond motifs is 2. The first-order valence-corrected chi connectivity index (χ1v) is 4.19. The van der Waals surface area contributed by atoms with Crippen LogP contribution in [0.4, 0.5) is 0 Å². The summed E-state index contributed by atoms with van der Waals surface area (Å²) in [4.78, 5) is 0. The fourth-order valence-electron chi connectivity index (χ4n) is 1.65. The minimum Gasteiger partial charge on any atom is -0.370 e. The molecule has 0 aromatic rings. The van der Waals surface area contributed by atoms with Gasteiger partial charge in [-0.1, -0.05) is 0 Å². The summed E-state index contributed by atoms with van der Waals surface area (Å²) < 4.78 is 5.37. The lowest BCUT2D eigenvalue weighted by Crippen LogP contribution is -2.10. The van der Waals surface area contributed by atoms with Crippen LogP contribution in [0, 0.1) is 0 Å². The van der Waals surface area contributed by atoms with Crippen molar-refractivity contribution in [3.8, 4) is 0 Å². The Labute approximate surface area is 52.8 Å². The molecule has 2 heteroatoms. The van der Waals surface area contributed by atoms with E-state index in [0.717, 1.165) is 10.5 Å². The van der Waals surface area contributed by atoms with Crippen molar-refractivity contribution in [1.82, 2.24) is 0 Å². The van der Waals surface area contributed by atoms with Gasteiger partial charge in [0.1, 0.15) is 0 Å². The maximum atomic E-state index is 5.37. The van der Waals surface area contributed by atoms with Gasteiger partial charge in [-0.15, -0.1) is 0 Å². The third-order valence-corrected chi connectivity index (χ3v) is 3.73. The number of ether oxygens (including phenoxy) is 1. The molecule has 4 unspecified atom stereocenters. The monoisotopic (exact) mass is 128 g/mol. The summed E-state index contributed by atoms with van der Waals surface area (Å²) in [5.41, 5.74) is 0. The molecular formula is C6H8OS. The number of hydrogen-bond donors (Lipinski definition) is 0. The van der Waals surface area contributed by atoms with Crippen LogP contribution in [0.2, 0.25) is 0 Å². The first-order chi connectivity index (χ1) is 3.93. The van der Waals surface area contributed by atoms with E-state index in [1.54, 1.807) is 0 Å². The topological polar surface area (TPSA) is 12.5 Å². The van der Waals surface area contributed by atoms with Crippen molar-refractivity contribution in [3.05, 3.63) is 0 Å². The normalized spacial score (nSPS) is 66.0. The molecule has 0 aromatic heterocycles. The van der Waals surface area contributed by atoms with Crippen molar-refractivity contribution in [2.24, 2.45) is 0 Å². The minimum absolute atomic E-state index is 0.700. The minimum atomic E-state index is 0.700. The van der Waals surface area contributed by atoms with Gasteiger partial charge in [0.05, 0.1) is 12.2 Å². The van der Waals surface area contributed by atoms with Crippen LogP contribution in [0.1, 0.15) is 12.8 Å². The zero-order valence-corrected chi connectivity index (χ0v) is 5.36. The Hall–Kier alpha value is 0.310. The van der Waals surface area contributed by atoms with Crippen molar-refractivity contribution < 1.29 is 4.74 Å². The van der Waals surface area contributed by atoms with E-state index in [1.165, 1.54) is 12.8 Å². The largest absolute Gasteiger partial charge is 0.370 e. The number of hydrogen-bond acceptors (Lipinski definition) is 2. The van der Waals surface area contributed by atoms with Crippen molar-refractivity contribution in [3.63, 3.8) is 0 Å². The molecule has 0 spiro atoms. The van der Waals surface area contributed by atoms with E-state index in [4.69, 9.17) is 4.74 Å². The molecule has 1 nitrogen and oxygen atoms in total. The second-order valence-electron chi connectivity index (χ2n) is 2.90. The van der Waals surface area contributed by atoms with Crippen LogP contribution < -0.4 is 0 Å². The molecule has 0 amide bonds. The van der Waals surface area contributed by atoms with Crippen LogP contribution in [0.3, 0.4) is 0 Å². The summed E-state index contributed by atoms with van der Waals surface area (Å²) in [6.45, 7) is 0. The molecule has 44 valence electrons. The van der Waals surface area contributed by atoms with Gasteiger partial charge in [-0.3, -0.25) is 0 Å². The fourth-order valence-corrected chi connectivity index (χ4v) is 2.83. The molecule has 0 aromatic carbocycles. The summed E-state index contributed by atoms with van der Waals surface area (Å²) in [6, 6.07) is 0. The fraction of sp³-hybridized carbons (Fsp3) is 1.00. The van der Waals surface area contributed by atoms with Crippen LogP contribution in [-0.2, 0) is 4.74 Å². The molecule has 1 saturated carbocycles. The molecule has 2 heterocycles. The molecule has 1 aliphatic carbocycles. The molecule has 3 aliphatic rings. The molecule has 4 atom stereocenters. The molecule has 2 aliphatic heterocycles. The van der Waals surface area contributed by atoms with Gasteiger partial charge in [0.25, 0.3) is 0 Å². The van der Waals surface area contributed by atoms with Crippen LogP contribution in [0.25, 0.3) is 0 Å². The van der Waals surface area contributed by atoms with Gasteiger partial charge in [-0.2, -0.15) is 11.8 Å². The number of rotatable bonds is 0. The molecule has 2 saturated heterocycles. The Bertz CT molecular complexity index is 108. The smallest absolute Gasteiger partial charge is 0.0853 e. The third kappa shape index (κ3) is 0.431. The lowest BCUT2D eigenvalue weighted by molar-refractivity contribution is 0.372. The maximum Gasteiger partial charge on any atom is 0.0853 e. The Morgan fingerprint density at radius 2 is 1.75 bits per heavy atom. The van der Waals surface area contributed by atoms with Gasteiger partial charge >= 0.3 is 0 Å². The van der Waals surface area contributed by atoms with Gasteiger partial charge in [0, 0.05) is 10.5 Å². The zero-order valence-electron chi connectivity index (χ0n) is 4.54. The Morgan fingerprint density at radius 3 is 2.38 bits per heavy atom. The van der Waals surface area contributed by atoms with E-state index in [0.29, 0.717) is 12.2 Å². The molecule has 0 bridgehead atoms. The van der Waals surface area contributed by atoms with Crippen molar-refractivity contribution in [2.45, 2.75) is 35.5 Å². The molecule has 3 rings (SSSR count). The Kier molecular flexibility index (Phi) is 0.571. The number of epoxide rings is 1. The van der Waals surface area contributed by atoms with Crippen LogP contribution in [-0.4, -0.2) is 22.7 Å². The van der Waals surface area contributed by atoms with E-state index in [1.807, 2.05) is 0 Å². The first-order valence-electron chi connectivity index (χ1n) is 3.24. The van der Waals surface area contributed by atoms with Crippen molar-refractivity contribution in [2.75, 3.05) is 0 Å². The summed E-state index contributed by atoms with van der Waals surface area (Å²) in [5, 5.41) is 2.03. The van der Waals surface area contributed by atoms with Crippen molar-refractivity contribution in [1.29, 1.82) is 0 Å². The van der Waals surface area contributed by atoms with Crippen LogP contribution in [0.15, 0.2) is 0 Å². The van der Waals surface area contributed by atoms with Crippen LogP contribution >= 0.6 is 11.8 Å². The van der Waals surface area contributed by atoms with Gasteiger partial charge < -0.3 is 4.74 Å². The molecule has 8 heavy (non-hydrogen) atoms. The summed E-state index contributed by atoms with van der Waals surface area (Å²) >= 11 is 2.15. The lowest BCUT2D eigenvalue weighted by Gasteiger charge is -1.97. The van der Waals surface area contributed by atoms with Gasteiger partial charge in [0.15, 0.2) is 0 Å². The van der Waals surface area contributed by atoms with Gasteiger partial charge in [-0.25, -0.2) is 0 Å². The quantitative estimate of drug-likeness (QED) is 0.452. The van der Waals surface area contributed by atoms with Gasteiger partial charge in [0.2, 0.25) is 0 Å². The maximum absolute atomic E-state index is 5.37. The lowest BCUT2D eigenvalue weighted by atomic mass is 10.0. The average Bonchev–Trinajstić information content (AvgIpc) is 2.45. The molecular weight excluding hydrogens is 120 g/mol. The van der Waals surface area contributed by atoms with Gasteiger partial charge in [-0.05, 0) is 12.8 Å². The van der Waals surface area contributed by atoms with E-state index in [2.05, 4.69) is 11.8 Å². The predicted molar refractivity (Wildman–Crippen MR) is 33.1 cm³/mol. The van der Waals surface area contributed by atoms with Crippen LogP contribution in [0.5, 0.6) is 0 Å². The van der Waals surface area contributed by atoms with E-state index in [9.17, 15) is 0 Å². The number of thioether (sulfide) groups is 1. The standard InChI is InChI=1S/C6H8OS/c1-3-4(7-3)2-6-5(1)8-6/h3-6H,1-2H2. The Balaban J connectivity index is 1.85. The Morgan fingerprint density at radius 1 is 1.12 bits per heavy atom. The highest BCUT2D eigenvalue weighted by Crippen LogP contribution is 2.56. The second kappa shape index (κ2) is 1.09. The van der Waals surface area contributed by atoms with Crippen molar-refractivity contribution >= 4 is 11.8 Å². The summed E-state index contributed by atoms with van der Waals surface area (Å²) in [5.74, 6) is 0. The highest BCUT2D eigenvalue weighted by Gasteiger charge is 2.55. The first kappa shape index (κ1) is 4.18. The molecule has 3 fully saturated rings. The highest BCUT2D eigenvalue weighted by atomic mass is 32.2. The van der Waals surface area contributed by atoms with E-state index in [-0.39, 0.29) is 0 Å². The van der Waals surface area contributed by atoms with E-state index < -0.39 is 0 Å². The third-order valence-electron chi connectivity index (χ3n) is 2.30. The summed E-state index contributed by atoms with van der Waals surface area (Å²) in [6.07, 6.45) is 4.12. The average molecular weight is 128 g/mol. The molecule has 0 radical (unpaired) electrons. The highest BCUT2D eigenvalue weighted by molar-refractivity contribution is 8.07. The predicted octanol–water partition coefficient (Wildman–Crippen LogP) is 1.03.